The van der Waals surface area contributed by atoms with Gasteiger partial charge in [0.05, 0.1) is 0 Å². The molecule has 0 saturated carbocycles. The summed E-state index contributed by atoms with van der Waals surface area (Å²) in [5.74, 6) is -3.48. The molecule has 0 aromatic heterocycles. The van der Waals surface area contributed by atoms with Crippen molar-refractivity contribution in [2.75, 3.05) is 0 Å². The quantitative estimate of drug-likeness (QED) is 0.254. The van der Waals surface area contributed by atoms with E-state index in [1.807, 2.05) is 0 Å². The van der Waals surface area contributed by atoms with Crippen molar-refractivity contribution in [3.8, 4) is 0 Å². The summed E-state index contributed by atoms with van der Waals surface area (Å²) in [6.45, 7) is 2.71. The van der Waals surface area contributed by atoms with Crippen LogP contribution in [0.1, 0.15) is 39.5 Å². The first kappa shape index (κ1) is 20.2. The van der Waals surface area contributed by atoms with Gasteiger partial charge in [0.25, 0.3) is 0 Å². The van der Waals surface area contributed by atoms with Crippen LogP contribution in [0, 0.1) is 0 Å². The second-order valence-electron chi connectivity index (χ2n) is 5.61. The SMILES string of the molecule is CC(C(=O)OSSOC(=O)C(C)N1C(=O)CCC1=O)N1C(=O)CCC1=O. The molecule has 0 aromatic rings. The van der Waals surface area contributed by atoms with Crippen LogP contribution in [-0.2, 0) is 37.1 Å². The number of hydrogen-bond acceptors (Lipinski definition) is 10. The van der Waals surface area contributed by atoms with Gasteiger partial charge < -0.3 is 8.37 Å². The molecule has 2 fully saturated rings. The molecule has 0 aliphatic carbocycles. The van der Waals surface area contributed by atoms with Crippen molar-refractivity contribution in [3.63, 3.8) is 0 Å². The third-order valence-corrected chi connectivity index (χ3v) is 4.99. The average Bonchev–Trinajstić information content (AvgIpc) is 3.11. The van der Waals surface area contributed by atoms with Gasteiger partial charge >= 0.3 is 11.9 Å². The van der Waals surface area contributed by atoms with Crippen molar-refractivity contribution in [2.45, 2.75) is 51.6 Å². The topological polar surface area (TPSA) is 127 Å². The van der Waals surface area contributed by atoms with Crippen molar-refractivity contribution in [3.05, 3.63) is 0 Å². The zero-order valence-electron chi connectivity index (χ0n) is 14.0. The van der Waals surface area contributed by atoms with E-state index in [1.165, 1.54) is 13.8 Å². The van der Waals surface area contributed by atoms with E-state index in [2.05, 4.69) is 0 Å². The van der Waals surface area contributed by atoms with Gasteiger partial charge in [0.2, 0.25) is 23.6 Å². The highest BCUT2D eigenvalue weighted by molar-refractivity contribution is 8.73. The summed E-state index contributed by atoms with van der Waals surface area (Å²) < 4.78 is 9.56. The molecule has 12 heteroatoms. The van der Waals surface area contributed by atoms with Gasteiger partial charge in [-0.25, -0.2) is 9.59 Å². The Hall–Kier alpha value is -2.08. The summed E-state index contributed by atoms with van der Waals surface area (Å²) in [6.07, 6.45) is 0.229. The minimum Gasteiger partial charge on any atom is -0.375 e. The van der Waals surface area contributed by atoms with Crippen LogP contribution in [0.3, 0.4) is 0 Å². The summed E-state index contributed by atoms with van der Waals surface area (Å²) in [4.78, 5) is 71.6. The van der Waals surface area contributed by atoms with Gasteiger partial charge in [0.1, 0.15) is 12.1 Å². The molecule has 2 aliphatic heterocycles. The molecule has 0 aromatic carbocycles. The van der Waals surface area contributed by atoms with Gasteiger partial charge in [-0.2, -0.15) is 0 Å². The first-order valence-electron chi connectivity index (χ1n) is 7.69. The molecule has 0 N–H and O–H groups in total. The van der Waals surface area contributed by atoms with Gasteiger partial charge in [-0.1, -0.05) is 0 Å². The highest BCUT2D eigenvalue weighted by Crippen LogP contribution is 2.27. The fraction of sp³-hybridized carbons (Fsp3) is 0.571. The van der Waals surface area contributed by atoms with Gasteiger partial charge in [0.15, 0.2) is 22.1 Å². The van der Waals surface area contributed by atoms with Crippen LogP contribution < -0.4 is 0 Å². The fourth-order valence-corrected chi connectivity index (χ4v) is 3.53. The van der Waals surface area contributed by atoms with Crippen LogP contribution in [-0.4, -0.2) is 57.5 Å². The van der Waals surface area contributed by atoms with Crippen molar-refractivity contribution in [1.29, 1.82) is 0 Å². The van der Waals surface area contributed by atoms with Crippen LogP contribution in [0.2, 0.25) is 0 Å². The average molecular weight is 404 g/mol. The second-order valence-corrected chi connectivity index (χ2v) is 7.03. The van der Waals surface area contributed by atoms with Crippen LogP contribution in [0.25, 0.3) is 0 Å². The van der Waals surface area contributed by atoms with E-state index in [0.717, 1.165) is 9.80 Å². The molecule has 0 radical (unpaired) electrons. The molecule has 2 saturated heterocycles. The van der Waals surface area contributed by atoms with Crippen LogP contribution in [0.4, 0.5) is 0 Å². The predicted molar refractivity (Wildman–Crippen MR) is 88.5 cm³/mol. The number of rotatable bonds is 7. The number of carbonyl (C=O) groups is 6. The smallest absolute Gasteiger partial charge is 0.342 e. The highest BCUT2D eigenvalue weighted by atomic mass is 33.1. The normalized spacial score (nSPS) is 19.8. The molecule has 2 atom stereocenters. The Bertz CT molecular complexity index is 579. The molecule has 142 valence electrons. The summed E-state index contributed by atoms with van der Waals surface area (Å²) in [5.41, 5.74) is 0. The first-order chi connectivity index (χ1) is 12.2. The van der Waals surface area contributed by atoms with E-state index in [4.69, 9.17) is 8.37 Å². The highest BCUT2D eigenvalue weighted by Gasteiger charge is 2.38. The summed E-state index contributed by atoms with van der Waals surface area (Å²) in [5, 5.41) is 0. The van der Waals surface area contributed by atoms with Crippen molar-refractivity contribution in [1.82, 2.24) is 9.80 Å². The zero-order chi connectivity index (χ0) is 19.4. The van der Waals surface area contributed by atoms with E-state index in [1.54, 1.807) is 0 Å². The maximum atomic E-state index is 11.9. The van der Waals surface area contributed by atoms with E-state index in [9.17, 15) is 28.8 Å². The van der Waals surface area contributed by atoms with Gasteiger partial charge in [-0.15, -0.1) is 0 Å². The number of amides is 4. The summed E-state index contributed by atoms with van der Waals surface area (Å²) in [7, 11) is 0. The lowest BCUT2D eigenvalue weighted by molar-refractivity contribution is -0.151. The molecular weight excluding hydrogens is 388 g/mol. The first-order valence-corrected chi connectivity index (χ1v) is 9.69. The second kappa shape index (κ2) is 8.54. The fourth-order valence-electron chi connectivity index (χ4n) is 2.50. The van der Waals surface area contributed by atoms with E-state index >= 15 is 0 Å². The molecule has 2 unspecified atom stereocenters. The molecule has 0 bridgehead atoms. The number of hydrogen-bond donors (Lipinski definition) is 0. The Labute approximate surface area is 156 Å². The zero-order valence-corrected chi connectivity index (χ0v) is 15.6. The minimum absolute atomic E-state index is 0.0573. The maximum absolute atomic E-state index is 11.9. The van der Waals surface area contributed by atoms with Crippen LogP contribution in [0.5, 0.6) is 0 Å². The summed E-state index contributed by atoms with van der Waals surface area (Å²) in [6, 6.07) is -2.17. The Morgan fingerprint density at radius 2 is 1.00 bits per heavy atom. The lowest BCUT2D eigenvalue weighted by Gasteiger charge is -2.20. The predicted octanol–water partition coefficient (Wildman–Crippen LogP) is 0.359. The lowest BCUT2D eigenvalue weighted by atomic mass is 10.3. The Balaban J connectivity index is 1.74. The Kier molecular flexibility index (Phi) is 6.64. The molecule has 2 aliphatic rings. The third kappa shape index (κ3) is 4.36. The van der Waals surface area contributed by atoms with Crippen LogP contribution >= 0.6 is 22.1 Å². The number of carbonyl (C=O) groups excluding carboxylic acids is 6. The number of nitrogens with zero attached hydrogens (tertiary/aromatic N) is 2. The largest absolute Gasteiger partial charge is 0.375 e. The lowest BCUT2D eigenvalue weighted by Crippen LogP contribution is -2.43. The Morgan fingerprint density at radius 3 is 1.27 bits per heavy atom. The maximum Gasteiger partial charge on any atom is 0.342 e. The Morgan fingerprint density at radius 1 is 0.731 bits per heavy atom. The van der Waals surface area contributed by atoms with Crippen LogP contribution in [0.15, 0.2) is 0 Å². The minimum atomic E-state index is -1.08. The molecule has 0 spiro atoms. The summed E-state index contributed by atoms with van der Waals surface area (Å²) >= 11 is 0.854. The molecule has 26 heavy (non-hydrogen) atoms. The standard InChI is InChI=1S/C14H16N2O8S2/c1-7(15-9(17)3-4-10(15)18)13(21)23-25-26-24-14(22)8(2)16-11(19)5-6-12(16)20/h7-8H,3-6H2,1-2H3. The molecule has 2 heterocycles. The molecule has 2 rings (SSSR count). The van der Waals surface area contributed by atoms with Crippen molar-refractivity contribution in [2.24, 2.45) is 0 Å². The van der Waals surface area contributed by atoms with Crippen molar-refractivity contribution < 1.29 is 37.1 Å². The third-order valence-electron chi connectivity index (χ3n) is 3.90. The number of likely N-dealkylation sites (tertiary alicyclic amines) is 2. The molecule has 4 amide bonds. The number of imide groups is 2. The van der Waals surface area contributed by atoms with Gasteiger partial charge in [0, 0.05) is 25.7 Å². The van der Waals surface area contributed by atoms with E-state index < -0.39 is 47.7 Å². The van der Waals surface area contributed by atoms with Crippen molar-refractivity contribution >= 4 is 57.7 Å². The van der Waals surface area contributed by atoms with Gasteiger partial charge in [-0.05, 0) is 13.8 Å². The molecular formula is C14H16N2O8S2. The molecule has 10 nitrogen and oxygen atoms in total. The van der Waals surface area contributed by atoms with Gasteiger partial charge in [-0.3, -0.25) is 29.0 Å². The van der Waals surface area contributed by atoms with E-state index in [-0.39, 0.29) is 25.7 Å². The monoisotopic (exact) mass is 404 g/mol. The van der Waals surface area contributed by atoms with E-state index in [0.29, 0.717) is 22.1 Å².